The van der Waals surface area contributed by atoms with Gasteiger partial charge in [-0.2, -0.15) is 0 Å². The summed E-state index contributed by atoms with van der Waals surface area (Å²) in [5.74, 6) is -0.253. The standard InChI is InChI=1S/C21H24ClFN2O2/c22-18-6-1-16(2-7-18)3-10-21(26)24-15-20(25-11-13-27-14-12-25)17-4-8-19(23)9-5-17/h1-2,4-9,20H,3,10-15H2,(H,24,26). The Balaban J connectivity index is 1.57. The maximum Gasteiger partial charge on any atom is 0.220 e. The summed E-state index contributed by atoms with van der Waals surface area (Å²) in [6.45, 7) is 3.42. The minimum Gasteiger partial charge on any atom is -0.379 e. The van der Waals surface area contributed by atoms with Gasteiger partial charge in [-0.25, -0.2) is 4.39 Å². The van der Waals surface area contributed by atoms with E-state index in [1.54, 1.807) is 12.1 Å². The highest BCUT2D eigenvalue weighted by molar-refractivity contribution is 6.30. The number of halogens is 2. The summed E-state index contributed by atoms with van der Waals surface area (Å²) in [5.41, 5.74) is 2.08. The summed E-state index contributed by atoms with van der Waals surface area (Å²) >= 11 is 5.88. The highest BCUT2D eigenvalue weighted by Crippen LogP contribution is 2.22. The predicted octanol–water partition coefficient (Wildman–Crippen LogP) is 3.60. The molecule has 2 aromatic carbocycles. The number of ether oxygens (including phenoxy) is 1. The highest BCUT2D eigenvalue weighted by Gasteiger charge is 2.23. The molecular formula is C21H24ClFN2O2. The third-order valence-corrected chi connectivity index (χ3v) is 5.04. The van der Waals surface area contributed by atoms with Gasteiger partial charge in [0.05, 0.1) is 19.3 Å². The van der Waals surface area contributed by atoms with Crippen molar-refractivity contribution in [3.8, 4) is 0 Å². The molecule has 1 atom stereocenters. The summed E-state index contributed by atoms with van der Waals surface area (Å²) in [6.07, 6.45) is 1.09. The zero-order chi connectivity index (χ0) is 19.1. The van der Waals surface area contributed by atoms with Crippen LogP contribution in [0.15, 0.2) is 48.5 Å². The number of hydrogen-bond donors (Lipinski definition) is 1. The van der Waals surface area contributed by atoms with Crippen molar-refractivity contribution < 1.29 is 13.9 Å². The first kappa shape index (κ1) is 19.8. The number of benzene rings is 2. The summed E-state index contributed by atoms with van der Waals surface area (Å²) in [5, 5.41) is 3.72. The van der Waals surface area contributed by atoms with E-state index in [2.05, 4.69) is 10.2 Å². The molecule has 0 spiro atoms. The second-order valence-corrected chi connectivity index (χ2v) is 7.08. The van der Waals surface area contributed by atoms with Crippen LogP contribution in [0, 0.1) is 5.82 Å². The first-order valence-corrected chi connectivity index (χ1v) is 9.58. The number of rotatable bonds is 7. The van der Waals surface area contributed by atoms with Gasteiger partial charge in [-0.05, 0) is 41.8 Å². The van der Waals surface area contributed by atoms with Crippen LogP contribution in [0.1, 0.15) is 23.6 Å². The number of hydrogen-bond acceptors (Lipinski definition) is 3. The van der Waals surface area contributed by atoms with Gasteiger partial charge in [-0.1, -0.05) is 35.9 Å². The van der Waals surface area contributed by atoms with Crippen molar-refractivity contribution in [2.24, 2.45) is 0 Å². The Morgan fingerprint density at radius 2 is 1.78 bits per heavy atom. The van der Waals surface area contributed by atoms with Crippen molar-refractivity contribution >= 4 is 17.5 Å². The number of morpholine rings is 1. The zero-order valence-corrected chi connectivity index (χ0v) is 15.9. The highest BCUT2D eigenvalue weighted by atomic mass is 35.5. The third kappa shape index (κ3) is 6.03. The molecule has 4 nitrogen and oxygen atoms in total. The van der Waals surface area contributed by atoms with Gasteiger partial charge in [0.1, 0.15) is 5.82 Å². The van der Waals surface area contributed by atoms with Crippen LogP contribution in [0.3, 0.4) is 0 Å². The molecule has 27 heavy (non-hydrogen) atoms. The normalized spacial score (nSPS) is 16.1. The first-order chi connectivity index (χ1) is 13.1. The average Bonchev–Trinajstić information content (AvgIpc) is 2.70. The summed E-state index contributed by atoms with van der Waals surface area (Å²) < 4.78 is 18.7. The van der Waals surface area contributed by atoms with E-state index in [9.17, 15) is 9.18 Å². The van der Waals surface area contributed by atoms with Crippen LogP contribution < -0.4 is 5.32 Å². The lowest BCUT2D eigenvalue weighted by atomic mass is 10.0. The Labute approximate surface area is 164 Å². The van der Waals surface area contributed by atoms with Crippen molar-refractivity contribution in [1.82, 2.24) is 10.2 Å². The van der Waals surface area contributed by atoms with E-state index in [4.69, 9.17) is 16.3 Å². The molecule has 0 radical (unpaired) electrons. The SMILES string of the molecule is O=C(CCc1ccc(Cl)cc1)NCC(c1ccc(F)cc1)N1CCOCC1. The van der Waals surface area contributed by atoms with Crippen molar-refractivity contribution in [3.63, 3.8) is 0 Å². The van der Waals surface area contributed by atoms with E-state index in [-0.39, 0.29) is 17.8 Å². The van der Waals surface area contributed by atoms with Crippen molar-refractivity contribution in [2.45, 2.75) is 18.9 Å². The number of nitrogens with one attached hydrogen (secondary N) is 1. The Morgan fingerprint density at radius 3 is 2.44 bits per heavy atom. The molecule has 1 unspecified atom stereocenters. The Hall–Kier alpha value is -1.95. The Bertz CT molecular complexity index is 731. The molecule has 1 N–H and O–H groups in total. The van der Waals surface area contributed by atoms with E-state index in [0.717, 1.165) is 24.2 Å². The molecule has 3 rings (SSSR count). The zero-order valence-electron chi connectivity index (χ0n) is 15.2. The van der Waals surface area contributed by atoms with E-state index in [0.29, 0.717) is 37.6 Å². The molecule has 0 bridgehead atoms. The minimum atomic E-state index is -0.258. The smallest absolute Gasteiger partial charge is 0.220 e. The number of amides is 1. The lowest BCUT2D eigenvalue weighted by molar-refractivity contribution is -0.121. The van der Waals surface area contributed by atoms with Gasteiger partial charge in [0.2, 0.25) is 5.91 Å². The van der Waals surface area contributed by atoms with Crippen molar-refractivity contribution in [3.05, 3.63) is 70.5 Å². The van der Waals surface area contributed by atoms with Gasteiger partial charge in [0.25, 0.3) is 0 Å². The fourth-order valence-corrected chi connectivity index (χ4v) is 3.37. The van der Waals surface area contributed by atoms with E-state index < -0.39 is 0 Å². The van der Waals surface area contributed by atoms with Gasteiger partial charge >= 0.3 is 0 Å². The van der Waals surface area contributed by atoms with Crippen LogP contribution in [0.4, 0.5) is 4.39 Å². The molecule has 6 heteroatoms. The largest absolute Gasteiger partial charge is 0.379 e. The fraction of sp³-hybridized carbons (Fsp3) is 0.381. The number of nitrogens with zero attached hydrogens (tertiary/aromatic N) is 1. The first-order valence-electron chi connectivity index (χ1n) is 9.20. The number of aryl methyl sites for hydroxylation is 1. The second-order valence-electron chi connectivity index (χ2n) is 6.65. The van der Waals surface area contributed by atoms with E-state index in [1.165, 1.54) is 12.1 Å². The monoisotopic (exact) mass is 390 g/mol. The summed E-state index contributed by atoms with van der Waals surface area (Å²) in [6, 6.07) is 14.0. The number of carbonyl (C=O) groups excluding carboxylic acids is 1. The fourth-order valence-electron chi connectivity index (χ4n) is 3.24. The molecule has 0 aromatic heterocycles. The molecule has 1 aliphatic heterocycles. The Kier molecular flexibility index (Phi) is 7.21. The van der Waals surface area contributed by atoms with Gasteiger partial charge in [-0.15, -0.1) is 0 Å². The quantitative estimate of drug-likeness (QED) is 0.785. The van der Waals surface area contributed by atoms with Crippen LogP contribution in [0.5, 0.6) is 0 Å². The second kappa shape index (κ2) is 9.83. The number of carbonyl (C=O) groups is 1. The van der Waals surface area contributed by atoms with E-state index >= 15 is 0 Å². The van der Waals surface area contributed by atoms with Crippen LogP contribution in [0.25, 0.3) is 0 Å². The molecule has 1 aliphatic rings. The maximum absolute atomic E-state index is 13.3. The predicted molar refractivity (Wildman–Crippen MR) is 104 cm³/mol. The van der Waals surface area contributed by atoms with Gasteiger partial charge in [-0.3, -0.25) is 9.69 Å². The molecule has 2 aromatic rings. The molecule has 1 saturated heterocycles. The molecule has 1 amide bonds. The average molecular weight is 391 g/mol. The third-order valence-electron chi connectivity index (χ3n) is 4.79. The van der Waals surface area contributed by atoms with Gasteiger partial charge < -0.3 is 10.1 Å². The molecular weight excluding hydrogens is 367 g/mol. The van der Waals surface area contributed by atoms with Crippen LogP contribution in [0.2, 0.25) is 5.02 Å². The van der Waals surface area contributed by atoms with Gasteiger partial charge in [0, 0.05) is 31.1 Å². The molecule has 0 aliphatic carbocycles. The van der Waals surface area contributed by atoms with Crippen LogP contribution >= 0.6 is 11.6 Å². The molecule has 1 heterocycles. The van der Waals surface area contributed by atoms with Crippen molar-refractivity contribution in [1.29, 1.82) is 0 Å². The lowest BCUT2D eigenvalue weighted by Crippen LogP contribution is -2.43. The molecule has 1 fully saturated rings. The van der Waals surface area contributed by atoms with Crippen LogP contribution in [-0.2, 0) is 16.0 Å². The minimum absolute atomic E-state index is 0.00493. The van der Waals surface area contributed by atoms with Gasteiger partial charge in [0.15, 0.2) is 0 Å². The topological polar surface area (TPSA) is 41.6 Å². The van der Waals surface area contributed by atoms with Crippen LogP contribution in [-0.4, -0.2) is 43.7 Å². The summed E-state index contributed by atoms with van der Waals surface area (Å²) in [4.78, 5) is 14.6. The van der Waals surface area contributed by atoms with Crippen molar-refractivity contribution in [2.75, 3.05) is 32.8 Å². The maximum atomic E-state index is 13.3. The van der Waals surface area contributed by atoms with E-state index in [1.807, 2.05) is 24.3 Å². The lowest BCUT2D eigenvalue weighted by Gasteiger charge is -2.35. The molecule has 144 valence electrons. The Morgan fingerprint density at radius 1 is 1.11 bits per heavy atom. The molecule has 0 saturated carbocycles. The summed E-state index contributed by atoms with van der Waals surface area (Å²) in [7, 11) is 0.